The SMILES string of the molecule is CC(CCl)CCc1cnn(C)c1. The molecule has 0 amide bonds. The van der Waals surface area contributed by atoms with Crippen LogP contribution < -0.4 is 0 Å². The third-order valence-corrected chi connectivity index (χ3v) is 2.47. The Kier molecular flexibility index (Phi) is 3.60. The molecule has 0 aliphatic heterocycles. The van der Waals surface area contributed by atoms with Gasteiger partial charge < -0.3 is 0 Å². The molecule has 12 heavy (non-hydrogen) atoms. The van der Waals surface area contributed by atoms with Crippen molar-refractivity contribution in [3.05, 3.63) is 18.0 Å². The Morgan fingerprint density at radius 1 is 1.67 bits per heavy atom. The van der Waals surface area contributed by atoms with Gasteiger partial charge in [-0.2, -0.15) is 5.10 Å². The lowest BCUT2D eigenvalue weighted by molar-refractivity contribution is 0.592. The normalized spacial score (nSPS) is 13.2. The highest BCUT2D eigenvalue weighted by molar-refractivity contribution is 6.18. The molecule has 0 aromatic carbocycles. The fraction of sp³-hybridized carbons (Fsp3) is 0.667. The quantitative estimate of drug-likeness (QED) is 0.660. The molecule has 1 heterocycles. The molecule has 0 fully saturated rings. The van der Waals surface area contributed by atoms with E-state index in [-0.39, 0.29) is 0 Å². The number of aryl methyl sites for hydroxylation is 2. The van der Waals surface area contributed by atoms with Gasteiger partial charge in [-0.1, -0.05) is 6.92 Å². The second-order valence-electron chi connectivity index (χ2n) is 3.32. The van der Waals surface area contributed by atoms with Crippen LogP contribution in [0.1, 0.15) is 18.9 Å². The molecule has 68 valence electrons. The van der Waals surface area contributed by atoms with Crippen LogP contribution in [0.2, 0.25) is 0 Å². The van der Waals surface area contributed by atoms with E-state index in [0.29, 0.717) is 5.92 Å². The van der Waals surface area contributed by atoms with Crippen LogP contribution in [0.4, 0.5) is 0 Å². The number of hydrogen-bond donors (Lipinski definition) is 0. The summed E-state index contributed by atoms with van der Waals surface area (Å²) >= 11 is 5.70. The molecule has 2 nitrogen and oxygen atoms in total. The topological polar surface area (TPSA) is 17.8 Å². The van der Waals surface area contributed by atoms with Crippen LogP contribution in [-0.4, -0.2) is 15.7 Å². The second-order valence-corrected chi connectivity index (χ2v) is 3.63. The molecule has 1 rings (SSSR count). The lowest BCUT2D eigenvalue weighted by Gasteiger charge is -2.04. The van der Waals surface area contributed by atoms with Crippen LogP contribution in [0.25, 0.3) is 0 Å². The maximum Gasteiger partial charge on any atom is 0.0521 e. The zero-order valence-corrected chi connectivity index (χ0v) is 8.38. The minimum atomic E-state index is 0.604. The first-order valence-corrected chi connectivity index (χ1v) is 4.79. The van der Waals surface area contributed by atoms with Crippen molar-refractivity contribution >= 4 is 11.6 Å². The van der Waals surface area contributed by atoms with Crippen molar-refractivity contribution in [2.75, 3.05) is 5.88 Å². The molecule has 0 saturated heterocycles. The lowest BCUT2D eigenvalue weighted by Crippen LogP contribution is -1.97. The van der Waals surface area contributed by atoms with Crippen LogP contribution in [0.5, 0.6) is 0 Å². The highest BCUT2D eigenvalue weighted by Crippen LogP contribution is 2.09. The monoisotopic (exact) mass is 186 g/mol. The predicted octanol–water partition coefficient (Wildman–Crippen LogP) is 2.23. The van der Waals surface area contributed by atoms with E-state index in [9.17, 15) is 0 Å². The minimum Gasteiger partial charge on any atom is -0.276 e. The van der Waals surface area contributed by atoms with Gasteiger partial charge in [0.2, 0.25) is 0 Å². The smallest absolute Gasteiger partial charge is 0.0521 e. The van der Waals surface area contributed by atoms with Gasteiger partial charge in [0.15, 0.2) is 0 Å². The molecule has 1 aromatic rings. The van der Waals surface area contributed by atoms with E-state index in [0.717, 1.165) is 18.7 Å². The van der Waals surface area contributed by atoms with Crippen molar-refractivity contribution in [3.63, 3.8) is 0 Å². The maximum absolute atomic E-state index is 5.70. The summed E-state index contributed by atoms with van der Waals surface area (Å²) in [6.45, 7) is 2.17. The number of alkyl halides is 1. The van der Waals surface area contributed by atoms with E-state index in [1.807, 2.05) is 17.9 Å². The van der Waals surface area contributed by atoms with Gasteiger partial charge in [0, 0.05) is 19.1 Å². The van der Waals surface area contributed by atoms with Gasteiger partial charge >= 0.3 is 0 Å². The summed E-state index contributed by atoms with van der Waals surface area (Å²) in [7, 11) is 1.94. The molecular weight excluding hydrogens is 172 g/mol. The number of aromatic nitrogens is 2. The van der Waals surface area contributed by atoms with Crippen molar-refractivity contribution < 1.29 is 0 Å². The molecule has 0 radical (unpaired) electrons. The first-order chi connectivity index (χ1) is 5.72. The number of rotatable bonds is 4. The summed E-state index contributed by atoms with van der Waals surface area (Å²) < 4.78 is 1.83. The summed E-state index contributed by atoms with van der Waals surface area (Å²) in [5.74, 6) is 1.35. The minimum absolute atomic E-state index is 0.604. The van der Waals surface area contributed by atoms with Crippen molar-refractivity contribution in [3.8, 4) is 0 Å². The van der Waals surface area contributed by atoms with Crippen LogP contribution in [0.3, 0.4) is 0 Å². The Morgan fingerprint density at radius 3 is 2.92 bits per heavy atom. The van der Waals surface area contributed by atoms with Gasteiger partial charge in [-0.25, -0.2) is 0 Å². The van der Waals surface area contributed by atoms with Crippen LogP contribution in [0, 0.1) is 5.92 Å². The molecule has 1 aromatic heterocycles. The lowest BCUT2D eigenvalue weighted by atomic mass is 10.1. The molecule has 3 heteroatoms. The van der Waals surface area contributed by atoms with E-state index in [4.69, 9.17) is 11.6 Å². The third-order valence-electron chi connectivity index (χ3n) is 1.95. The Morgan fingerprint density at radius 2 is 2.42 bits per heavy atom. The Hall–Kier alpha value is -0.500. The van der Waals surface area contributed by atoms with Gasteiger partial charge in [-0.05, 0) is 24.3 Å². The molecule has 0 saturated carbocycles. The second kappa shape index (κ2) is 4.51. The van der Waals surface area contributed by atoms with Gasteiger partial charge in [0.25, 0.3) is 0 Å². The molecular formula is C9H15ClN2. The summed E-state index contributed by atoms with van der Waals surface area (Å²) in [4.78, 5) is 0. The van der Waals surface area contributed by atoms with Gasteiger partial charge in [0.05, 0.1) is 6.20 Å². The van der Waals surface area contributed by atoms with E-state index in [1.165, 1.54) is 5.56 Å². The van der Waals surface area contributed by atoms with E-state index in [1.54, 1.807) is 0 Å². The number of hydrogen-bond acceptors (Lipinski definition) is 1. The molecule has 0 aliphatic carbocycles. The Bertz CT molecular complexity index is 232. The van der Waals surface area contributed by atoms with E-state index in [2.05, 4.69) is 18.2 Å². The fourth-order valence-electron chi connectivity index (χ4n) is 1.09. The molecule has 0 bridgehead atoms. The van der Waals surface area contributed by atoms with Crippen LogP contribution in [0.15, 0.2) is 12.4 Å². The summed E-state index contributed by atoms with van der Waals surface area (Å²) in [6, 6.07) is 0. The van der Waals surface area contributed by atoms with Crippen molar-refractivity contribution in [1.29, 1.82) is 0 Å². The molecule has 0 N–H and O–H groups in total. The Balaban J connectivity index is 2.33. The summed E-state index contributed by atoms with van der Waals surface area (Å²) in [5, 5.41) is 4.10. The van der Waals surface area contributed by atoms with Crippen LogP contribution in [-0.2, 0) is 13.5 Å². The zero-order valence-electron chi connectivity index (χ0n) is 7.63. The van der Waals surface area contributed by atoms with Crippen molar-refractivity contribution in [2.24, 2.45) is 13.0 Å². The average molecular weight is 187 g/mol. The average Bonchev–Trinajstić information content (AvgIpc) is 2.47. The van der Waals surface area contributed by atoms with Gasteiger partial charge in [-0.15, -0.1) is 11.6 Å². The number of nitrogens with zero attached hydrogens (tertiary/aromatic N) is 2. The Labute approximate surface area is 78.5 Å². The largest absolute Gasteiger partial charge is 0.276 e. The summed E-state index contributed by atoms with van der Waals surface area (Å²) in [5.41, 5.74) is 1.30. The zero-order chi connectivity index (χ0) is 8.97. The van der Waals surface area contributed by atoms with Gasteiger partial charge in [0.1, 0.15) is 0 Å². The molecule has 0 spiro atoms. The molecule has 0 aliphatic rings. The first-order valence-electron chi connectivity index (χ1n) is 4.26. The molecule has 1 atom stereocenters. The van der Waals surface area contributed by atoms with E-state index < -0.39 is 0 Å². The van der Waals surface area contributed by atoms with Gasteiger partial charge in [-0.3, -0.25) is 4.68 Å². The first kappa shape index (κ1) is 9.59. The standard InChI is InChI=1S/C9H15ClN2/c1-8(5-10)3-4-9-6-11-12(2)7-9/h6-8H,3-5H2,1-2H3. The highest BCUT2D eigenvalue weighted by Gasteiger charge is 2.01. The van der Waals surface area contributed by atoms with E-state index >= 15 is 0 Å². The van der Waals surface area contributed by atoms with Crippen molar-refractivity contribution in [1.82, 2.24) is 9.78 Å². The fourth-order valence-corrected chi connectivity index (χ4v) is 1.25. The molecule has 1 unspecified atom stereocenters. The maximum atomic E-state index is 5.70. The highest BCUT2D eigenvalue weighted by atomic mass is 35.5. The van der Waals surface area contributed by atoms with Crippen LogP contribution >= 0.6 is 11.6 Å². The number of halogens is 1. The van der Waals surface area contributed by atoms with Crippen molar-refractivity contribution in [2.45, 2.75) is 19.8 Å². The summed E-state index contributed by atoms with van der Waals surface area (Å²) in [6.07, 6.45) is 6.21. The third kappa shape index (κ3) is 2.86. The predicted molar refractivity (Wildman–Crippen MR) is 51.4 cm³/mol.